The van der Waals surface area contributed by atoms with Gasteiger partial charge in [-0.2, -0.15) is 0 Å². The van der Waals surface area contributed by atoms with E-state index in [0.29, 0.717) is 16.9 Å². The number of ether oxygens (including phenoxy) is 1. The van der Waals surface area contributed by atoms with Crippen molar-refractivity contribution in [1.82, 2.24) is 0 Å². The number of rotatable bonds is 3. The Morgan fingerprint density at radius 1 is 1.48 bits per heavy atom. The number of nitrogens with zero attached hydrogens (tertiary/aromatic N) is 1. The highest BCUT2D eigenvalue weighted by atomic mass is 16.5. The van der Waals surface area contributed by atoms with Gasteiger partial charge in [0.15, 0.2) is 0 Å². The van der Waals surface area contributed by atoms with Crippen molar-refractivity contribution in [3.05, 3.63) is 53.6 Å². The molecule has 0 bridgehead atoms. The van der Waals surface area contributed by atoms with Gasteiger partial charge in [-0.1, -0.05) is 35.5 Å². The fourth-order valence-corrected chi connectivity index (χ4v) is 2.10. The molecule has 21 heavy (non-hydrogen) atoms. The van der Waals surface area contributed by atoms with Crippen molar-refractivity contribution in [3.63, 3.8) is 0 Å². The predicted molar refractivity (Wildman–Crippen MR) is 80.7 cm³/mol. The molecule has 0 amide bonds. The molecular weight excluding hydrogens is 268 g/mol. The minimum absolute atomic E-state index is 0.0261. The molecule has 1 aliphatic rings. The lowest BCUT2D eigenvalue weighted by atomic mass is 10.0. The van der Waals surface area contributed by atoms with Crippen LogP contribution in [0.1, 0.15) is 23.7 Å². The van der Waals surface area contributed by atoms with Gasteiger partial charge in [-0.15, -0.1) is 0 Å². The first-order chi connectivity index (χ1) is 10.2. The van der Waals surface area contributed by atoms with E-state index in [9.17, 15) is 4.79 Å². The van der Waals surface area contributed by atoms with E-state index >= 15 is 0 Å². The molecule has 5 heteroatoms. The Morgan fingerprint density at radius 3 is 2.90 bits per heavy atom. The summed E-state index contributed by atoms with van der Waals surface area (Å²) >= 11 is 0. The molecule has 5 nitrogen and oxygen atoms in total. The van der Waals surface area contributed by atoms with Crippen molar-refractivity contribution in [1.29, 1.82) is 5.41 Å². The number of hydrogen-bond donors (Lipinski definition) is 2. The van der Waals surface area contributed by atoms with Gasteiger partial charge in [0.05, 0.1) is 5.56 Å². The van der Waals surface area contributed by atoms with Crippen molar-refractivity contribution in [2.45, 2.75) is 19.4 Å². The van der Waals surface area contributed by atoms with Crippen LogP contribution in [0.3, 0.4) is 0 Å². The van der Waals surface area contributed by atoms with Gasteiger partial charge in [-0.25, -0.2) is 0 Å². The van der Waals surface area contributed by atoms with E-state index in [4.69, 9.17) is 15.4 Å². The number of fused-ring (bicyclic) bond motifs is 1. The van der Waals surface area contributed by atoms with Gasteiger partial charge in [-0.3, -0.25) is 4.79 Å². The number of para-hydroxylation sites is 1. The normalized spacial score (nSPS) is 21.0. The maximum absolute atomic E-state index is 12.3. The highest BCUT2D eigenvalue weighted by Gasteiger charge is 2.29. The maximum atomic E-state index is 12.3. The third-order valence-electron chi connectivity index (χ3n) is 3.18. The molecule has 0 radical (unpaired) electrons. The van der Waals surface area contributed by atoms with Gasteiger partial charge in [0.1, 0.15) is 17.6 Å². The van der Waals surface area contributed by atoms with Crippen LogP contribution in [0.4, 0.5) is 0 Å². The summed E-state index contributed by atoms with van der Waals surface area (Å²) in [7, 11) is 0. The first kappa shape index (κ1) is 14.7. The Kier molecular flexibility index (Phi) is 4.66. The van der Waals surface area contributed by atoms with E-state index in [1.807, 2.05) is 13.0 Å². The smallest absolute Gasteiger partial charge is 0.214 e. The molecule has 0 fully saturated rings. The topological polar surface area (TPSA) is 82.7 Å². The molecule has 1 atom stereocenters. The zero-order valence-corrected chi connectivity index (χ0v) is 11.6. The average Bonchev–Trinajstić information content (AvgIpc) is 2.65. The zero-order valence-electron chi connectivity index (χ0n) is 11.6. The summed E-state index contributed by atoms with van der Waals surface area (Å²) in [5.74, 6) is 0.0744. The SMILES string of the molecule is C/C=C\C=C(/C=N)C1C/C(=N/O)C(=O)c2ccccc2O1. The van der Waals surface area contributed by atoms with Crippen LogP contribution in [-0.2, 0) is 0 Å². The summed E-state index contributed by atoms with van der Waals surface area (Å²) in [4.78, 5) is 12.3. The average molecular weight is 284 g/mol. The highest BCUT2D eigenvalue weighted by Crippen LogP contribution is 2.27. The molecule has 0 aromatic heterocycles. The lowest BCUT2D eigenvalue weighted by molar-refractivity contribution is 0.106. The Balaban J connectivity index is 2.47. The van der Waals surface area contributed by atoms with E-state index in [1.54, 1.807) is 36.4 Å². The first-order valence-corrected chi connectivity index (χ1v) is 6.56. The number of benzene rings is 1. The molecule has 1 aromatic carbocycles. The third kappa shape index (κ3) is 3.08. The number of Topliss-reactive ketones (excluding diaryl/α,β-unsaturated/α-hetero) is 1. The quantitative estimate of drug-likeness (QED) is 0.387. The minimum Gasteiger partial charge on any atom is -0.484 e. The molecule has 1 aromatic rings. The van der Waals surface area contributed by atoms with Crippen LogP contribution in [0.2, 0.25) is 0 Å². The van der Waals surface area contributed by atoms with Gasteiger partial charge < -0.3 is 15.4 Å². The largest absolute Gasteiger partial charge is 0.484 e. The van der Waals surface area contributed by atoms with Crippen LogP contribution < -0.4 is 4.74 Å². The molecule has 1 heterocycles. The zero-order chi connectivity index (χ0) is 15.2. The number of hydrogen-bond acceptors (Lipinski definition) is 5. The summed E-state index contributed by atoms with van der Waals surface area (Å²) in [6.07, 6.45) is 6.11. The number of carbonyl (C=O) groups excluding carboxylic acids is 1. The summed E-state index contributed by atoms with van der Waals surface area (Å²) in [5.41, 5.74) is 0.986. The molecule has 108 valence electrons. The van der Waals surface area contributed by atoms with Gasteiger partial charge in [0.2, 0.25) is 5.78 Å². The Morgan fingerprint density at radius 2 is 2.24 bits per heavy atom. The summed E-state index contributed by atoms with van der Waals surface area (Å²) < 4.78 is 5.84. The third-order valence-corrected chi connectivity index (χ3v) is 3.18. The van der Waals surface area contributed by atoms with Crippen LogP contribution in [0.15, 0.2) is 53.2 Å². The van der Waals surface area contributed by atoms with Crippen LogP contribution in [0.5, 0.6) is 5.75 Å². The van der Waals surface area contributed by atoms with Crippen molar-refractivity contribution in [2.75, 3.05) is 0 Å². The van der Waals surface area contributed by atoms with Crippen LogP contribution in [0.25, 0.3) is 0 Å². The first-order valence-electron chi connectivity index (χ1n) is 6.56. The Bertz CT molecular complexity index is 645. The lowest BCUT2D eigenvalue weighted by Crippen LogP contribution is -2.24. The number of nitrogens with one attached hydrogen (secondary N) is 1. The number of oxime groups is 1. The van der Waals surface area contributed by atoms with Gasteiger partial charge in [-0.05, 0) is 19.1 Å². The number of carbonyl (C=O) groups is 1. The fourth-order valence-electron chi connectivity index (χ4n) is 2.10. The molecule has 0 saturated heterocycles. The van der Waals surface area contributed by atoms with Crippen molar-refractivity contribution < 1.29 is 14.7 Å². The monoisotopic (exact) mass is 284 g/mol. The second-order valence-corrected chi connectivity index (χ2v) is 4.52. The Hall–Kier alpha value is -2.69. The second-order valence-electron chi connectivity index (χ2n) is 4.52. The van der Waals surface area contributed by atoms with Gasteiger partial charge in [0, 0.05) is 18.2 Å². The molecule has 0 spiro atoms. The molecule has 2 rings (SSSR count). The molecule has 0 saturated carbocycles. The fraction of sp³-hybridized carbons (Fsp3) is 0.188. The van der Waals surface area contributed by atoms with E-state index in [-0.39, 0.29) is 17.9 Å². The summed E-state index contributed by atoms with van der Waals surface area (Å²) in [5, 5.41) is 19.7. The summed E-state index contributed by atoms with van der Waals surface area (Å²) in [6.45, 7) is 1.87. The molecular formula is C16H16N2O3. The molecule has 1 aliphatic heterocycles. The van der Waals surface area contributed by atoms with E-state index in [0.717, 1.165) is 0 Å². The van der Waals surface area contributed by atoms with E-state index in [2.05, 4.69) is 5.16 Å². The van der Waals surface area contributed by atoms with Gasteiger partial charge >= 0.3 is 0 Å². The van der Waals surface area contributed by atoms with Crippen LogP contribution >= 0.6 is 0 Å². The maximum Gasteiger partial charge on any atom is 0.214 e. The Labute approximate surface area is 122 Å². The highest BCUT2D eigenvalue weighted by molar-refractivity contribution is 6.46. The van der Waals surface area contributed by atoms with Crippen molar-refractivity contribution >= 4 is 17.7 Å². The van der Waals surface area contributed by atoms with Crippen LogP contribution in [-0.4, -0.2) is 29.0 Å². The van der Waals surface area contributed by atoms with E-state index in [1.165, 1.54) is 6.21 Å². The number of ketones is 1. The van der Waals surface area contributed by atoms with Crippen molar-refractivity contribution in [3.8, 4) is 5.75 Å². The summed E-state index contributed by atoms with van der Waals surface area (Å²) in [6, 6.07) is 6.81. The molecule has 1 unspecified atom stereocenters. The molecule has 0 aliphatic carbocycles. The van der Waals surface area contributed by atoms with Crippen molar-refractivity contribution in [2.24, 2.45) is 5.16 Å². The van der Waals surface area contributed by atoms with Crippen LogP contribution in [0, 0.1) is 5.41 Å². The lowest BCUT2D eigenvalue weighted by Gasteiger charge is -2.17. The second kappa shape index (κ2) is 6.65. The predicted octanol–water partition coefficient (Wildman–Crippen LogP) is 3.00. The van der Waals surface area contributed by atoms with E-state index < -0.39 is 6.10 Å². The molecule has 2 N–H and O–H groups in total. The number of allylic oxidation sites excluding steroid dienone is 3. The van der Waals surface area contributed by atoms with Gasteiger partial charge in [0.25, 0.3) is 0 Å². The minimum atomic E-state index is -0.544. The standard InChI is InChI=1S/C16H16N2O3/c1-2-3-6-11(10-17)15-9-13(18-20)16(19)12-7-4-5-8-14(12)21-15/h2-8,10,15,17,20H,9H2,1H3/b3-2-,11-6+,17-10?,18-13-.